The van der Waals surface area contributed by atoms with Gasteiger partial charge in [-0.25, -0.2) is 0 Å². The highest BCUT2D eigenvalue weighted by molar-refractivity contribution is 5.81. The number of allylic oxidation sites excluding steroid dienone is 1. The molecule has 0 aliphatic heterocycles. The van der Waals surface area contributed by atoms with Crippen molar-refractivity contribution in [2.45, 2.75) is 25.7 Å². The number of carbonyl (C=O) groups is 1. The Labute approximate surface area is 80.6 Å². The van der Waals surface area contributed by atoms with Crippen molar-refractivity contribution in [3.63, 3.8) is 0 Å². The van der Waals surface area contributed by atoms with Crippen LogP contribution in [0.15, 0.2) is 12.7 Å². The number of hydrogen-bond acceptors (Lipinski definition) is 1. The molecule has 0 bridgehead atoms. The van der Waals surface area contributed by atoms with E-state index >= 15 is 0 Å². The van der Waals surface area contributed by atoms with Crippen LogP contribution in [0.25, 0.3) is 0 Å². The average Bonchev–Trinajstić information content (AvgIpc) is 2.83. The van der Waals surface area contributed by atoms with Crippen molar-refractivity contribution in [1.29, 1.82) is 0 Å². The Bertz CT molecular complexity index is 198. The zero-order valence-electron chi connectivity index (χ0n) is 8.62. The van der Waals surface area contributed by atoms with Gasteiger partial charge in [0.15, 0.2) is 0 Å². The van der Waals surface area contributed by atoms with Crippen LogP contribution in [0.3, 0.4) is 0 Å². The number of rotatable bonds is 5. The third-order valence-corrected chi connectivity index (χ3v) is 2.66. The van der Waals surface area contributed by atoms with Crippen LogP contribution in [-0.2, 0) is 4.79 Å². The molecule has 0 aromatic rings. The van der Waals surface area contributed by atoms with E-state index in [1.54, 1.807) is 4.90 Å². The molecule has 0 saturated heterocycles. The molecule has 1 aliphatic carbocycles. The zero-order chi connectivity index (χ0) is 9.84. The average molecular weight is 181 g/mol. The Morgan fingerprint density at radius 1 is 1.62 bits per heavy atom. The van der Waals surface area contributed by atoms with Gasteiger partial charge in [-0.3, -0.25) is 4.79 Å². The van der Waals surface area contributed by atoms with Crippen molar-refractivity contribution in [2.75, 3.05) is 14.1 Å². The predicted octanol–water partition coefficient (Wildman–Crippen LogP) is 2.07. The summed E-state index contributed by atoms with van der Waals surface area (Å²) in [5, 5.41) is 0. The van der Waals surface area contributed by atoms with E-state index in [0.717, 1.165) is 12.8 Å². The maximum absolute atomic E-state index is 11.5. The Hall–Kier alpha value is -0.790. The van der Waals surface area contributed by atoms with Gasteiger partial charge in [-0.2, -0.15) is 0 Å². The quantitative estimate of drug-likeness (QED) is 0.469. The van der Waals surface area contributed by atoms with Crippen molar-refractivity contribution in [1.82, 2.24) is 4.90 Å². The lowest BCUT2D eigenvalue weighted by Crippen LogP contribution is -2.23. The Kier molecular flexibility index (Phi) is 3.52. The summed E-state index contributed by atoms with van der Waals surface area (Å²) >= 11 is 0. The number of nitrogens with zero attached hydrogens (tertiary/aromatic N) is 1. The van der Waals surface area contributed by atoms with Crippen LogP contribution >= 0.6 is 0 Å². The van der Waals surface area contributed by atoms with Gasteiger partial charge in [-0.15, -0.1) is 6.58 Å². The highest BCUT2D eigenvalue weighted by Crippen LogP contribution is 2.43. The Morgan fingerprint density at radius 3 is 2.85 bits per heavy atom. The fraction of sp³-hybridized carbons (Fsp3) is 0.727. The van der Waals surface area contributed by atoms with E-state index in [-0.39, 0.29) is 0 Å². The molecule has 74 valence electrons. The van der Waals surface area contributed by atoms with Gasteiger partial charge in [0.1, 0.15) is 0 Å². The molecule has 1 fully saturated rings. The van der Waals surface area contributed by atoms with Gasteiger partial charge in [-0.1, -0.05) is 6.08 Å². The molecule has 1 saturated carbocycles. The van der Waals surface area contributed by atoms with Crippen LogP contribution in [0.1, 0.15) is 25.7 Å². The minimum absolute atomic E-state index is 0.309. The van der Waals surface area contributed by atoms with Gasteiger partial charge < -0.3 is 4.90 Å². The van der Waals surface area contributed by atoms with Crippen molar-refractivity contribution in [2.24, 2.45) is 11.8 Å². The van der Waals surface area contributed by atoms with Gasteiger partial charge >= 0.3 is 0 Å². The molecule has 0 unspecified atom stereocenters. The summed E-state index contributed by atoms with van der Waals surface area (Å²) in [6, 6.07) is 0. The molecule has 13 heavy (non-hydrogen) atoms. The summed E-state index contributed by atoms with van der Waals surface area (Å²) in [4.78, 5) is 13.2. The zero-order valence-corrected chi connectivity index (χ0v) is 8.62. The van der Waals surface area contributed by atoms with Crippen molar-refractivity contribution >= 4 is 5.91 Å². The molecule has 0 aromatic carbocycles. The number of unbranched alkanes of at least 4 members (excludes halogenated alkanes) is 1. The lowest BCUT2D eigenvalue weighted by molar-refractivity contribution is -0.130. The maximum atomic E-state index is 11.5. The monoisotopic (exact) mass is 181 g/mol. The van der Waals surface area contributed by atoms with Crippen LogP contribution in [-0.4, -0.2) is 24.9 Å². The van der Waals surface area contributed by atoms with Crippen molar-refractivity contribution in [3.8, 4) is 0 Å². The molecule has 2 heteroatoms. The summed E-state index contributed by atoms with van der Waals surface area (Å²) < 4.78 is 0. The number of carbonyl (C=O) groups excluding carboxylic acids is 1. The molecule has 0 heterocycles. The van der Waals surface area contributed by atoms with Crippen LogP contribution in [0.5, 0.6) is 0 Å². The Balaban J connectivity index is 2.15. The van der Waals surface area contributed by atoms with Gasteiger partial charge in [0.05, 0.1) is 0 Å². The van der Waals surface area contributed by atoms with E-state index in [0.29, 0.717) is 17.7 Å². The SMILES string of the molecule is C=CCCC[C@@H]1C[C@H]1C(=O)N(C)C. The minimum Gasteiger partial charge on any atom is -0.349 e. The van der Waals surface area contributed by atoms with E-state index in [9.17, 15) is 4.79 Å². The van der Waals surface area contributed by atoms with Gasteiger partial charge in [-0.05, 0) is 31.6 Å². The first-order valence-electron chi connectivity index (χ1n) is 4.99. The van der Waals surface area contributed by atoms with E-state index in [1.165, 1.54) is 12.8 Å². The second-order valence-corrected chi connectivity index (χ2v) is 4.05. The molecule has 0 N–H and O–H groups in total. The standard InChI is InChI=1S/C11H19NO/c1-4-5-6-7-9-8-10(9)11(13)12(2)3/h4,9-10H,1,5-8H2,2-3H3/t9-,10-/m1/s1. The second kappa shape index (κ2) is 4.45. The third kappa shape index (κ3) is 2.87. The predicted molar refractivity (Wildman–Crippen MR) is 54.3 cm³/mol. The molecule has 0 spiro atoms. The molecular weight excluding hydrogens is 162 g/mol. The van der Waals surface area contributed by atoms with Gasteiger partial charge in [0.2, 0.25) is 5.91 Å². The van der Waals surface area contributed by atoms with E-state index in [2.05, 4.69) is 6.58 Å². The molecule has 0 radical (unpaired) electrons. The first-order valence-corrected chi connectivity index (χ1v) is 4.99. The summed E-state index contributed by atoms with van der Waals surface area (Å²) in [6.45, 7) is 3.69. The first-order chi connectivity index (χ1) is 6.16. The van der Waals surface area contributed by atoms with Crippen molar-refractivity contribution in [3.05, 3.63) is 12.7 Å². The number of amides is 1. The molecule has 2 nitrogen and oxygen atoms in total. The minimum atomic E-state index is 0.309. The smallest absolute Gasteiger partial charge is 0.225 e. The topological polar surface area (TPSA) is 20.3 Å². The van der Waals surface area contributed by atoms with E-state index in [4.69, 9.17) is 0 Å². The fourth-order valence-electron chi connectivity index (χ4n) is 1.73. The molecular formula is C11H19NO. The van der Waals surface area contributed by atoms with Gasteiger partial charge in [0.25, 0.3) is 0 Å². The largest absolute Gasteiger partial charge is 0.349 e. The number of hydrogen-bond donors (Lipinski definition) is 0. The van der Waals surface area contributed by atoms with Gasteiger partial charge in [0, 0.05) is 20.0 Å². The lowest BCUT2D eigenvalue weighted by atomic mass is 10.1. The Morgan fingerprint density at radius 2 is 2.31 bits per heavy atom. The molecule has 1 aliphatic rings. The first kappa shape index (κ1) is 10.3. The summed E-state index contributed by atoms with van der Waals surface area (Å²) in [6.07, 6.45) is 6.51. The van der Waals surface area contributed by atoms with Crippen LogP contribution in [0, 0.1) is 11.8 Å². The van der Waals surface area contributed by atoms with Crippen LogP contribution in [0.2, 0.25) is 0 Å². The summed E-state index contributed by atoms with van der Waals surface area (Å²) in [5.41, 5.74) is 0. The summed E-state index contributed by atoms with van der Waals surface area (Å²) in [7, 11) is 3.67. The molecule has 1 rings (SSSR count). The van der Waals surface area contributed by atoms with Crippen molar-refractivity contribution < 1.29 is 4.79 Å². The van der Waals surface area contributed by atoms with Crippen LogP contribution < -0.4 is 0 Å². The normalized spacial score (nSPS) is 25.4. The molecule has 1 amide bonds. The third-order valence-electron chi connectivity index (χ3n) is 2.66. The highest BCUT2D eigenvalue weighted by Gasteiger charge is 2.42. The lowest BCUT2D eigenvalue weighted by Gasteiger charge is -2.09. The fourth-order valence-corrected chi connectivity index (χ4v) is 1.73. The molecule has 2 atom stereocenters. The highest BCUT2D eigenvalue weighted by atomic mass is 16.2. The summed E-state index contributed by atoms with van der Waals surface area (Å²) in [5.74, 6) is 1.30. The van der Waals surface area contributed by atoms with Crippen LogP contribution in [0.4, 0.5) is 0 Å². The van der Waals surface area contributed by atoms with E-state index in [1.807, 2.05) is 20.2 Å². The maximum Gasteiger partial charge on any atom is 0.225 e. The second-order valence-electron chi connectivity index (χ2n) is 4.05. The molecule has 0 aromatic heterocycles. The van der Waals surface area contributed by atoms with E-state index < -0.39 is 0 Å².